The van der Waals surface area contributed by atoms with Gasteiger partial charge in [0.25, 0.3) is 0 Å². The second-order valence-corrected chi connectivity index (χ2v) is 8.40. The van der Waals surface area contributed by atoms with Crippen LogP contribution < -0.4 is 4.72 Å². The molecule has 2 rings (SSSR count). The molecule has 144 valence electrons. The summed E-state index contributed by atoms with van der Waals surface area (Å²) in [6, 6.07) is 4.21. The Labute approximate surface area is 157 Å². The number of carbonyl (C=O) groups is 2. The van der Waals surface area contributed by atoms with Gasteiger partial charge in [-0.25, -0.2) is 12.8 Å². The molecule has 6 nitrogen and oxygen atoms in total. The van der Waals surface area contributed by atoms with E-state index in [1.165, 1.54) is 18.2 Å². The molecule has 1 amide bonds. The summed E-state index contributed by atoms with van der Waals surface area (Å²) in [5, 5.41) is -1.26. The van der Waals surface area contributed by atoms with E-state index < -0.39 is 44.8 Å². The summed E-state index contributed by atoms with van der Waals surface area (Å²) in [4.78, 5) is 24.2. The fourth-order valence-corrected chi connectivity index (χ4v) is 4.60. The number of nitrogens with one attached hydrogen (secondary N) is 1. The summed E-state index contributed by atoms with van der Waals surface area (Å²) in [5.41, 5.74) is 0.210. The SMILES string of the molecule is CCCC(C(=O)OCC)S(=O)(=O)NC(=O)C1CC1c1c(F)cccc1Cl. The predicted octanol–water partition coefficient (Wildman–Crippen LogP) is 2.76. The third-order valence-corrected chi connectivity index (χ3v) is 6.21. The summed E-state index contributed by atoms with van der Waals surface area (Å²) in [6.45, 7) is 3.33. The Kier molecular flexibility index (Phi) is 6.63. The topological polar surface area (TPSA) is 89.5 Å². The number of carbonyl (C=O) groups excluding carboxylic acids is 2. The number of esters is 1. The van der Waals surface area contributed by atoms with Crippen LogP contribution in [0, 0.1) is 11.7 Å². The van der Waals surface area contributed by atoms with E-state index >= 15 is 0 Å². The molecule has 3 atom stereocenters. The summed E-state index contributed by atoms with van der Waals surface area (Å²) in [5.74, 6) is -3.37. The van der Waals surface area contributed by atoms with Gasteiger partial charge in [-0.15, -0.1) is 0 Å². The van der Waals surface area contributed by atoms with E-state index in [1.54, 1.807) is 13.8 Å². The van der Waals surface area contributed by atoms with Crippen LogP contribution >= 0.6 is 11.6 Å². The Morgan fingerprint density at radius 2 is 2.08 bits per heavy atom. The van der Waals surface area contributed by atoms with Crippen molar-refractivity contribution in [1.82, 2.24) is 4.72 Å². The Morgan fingerprint density at radius 3 is 2.65 bits per heavy atom. The Morgan fingerprint density at radius 1 is 1.38 bits per heavy atom. The number of benzene rings is 1. The second kappa shape index (κ2) is 8.35. The Balaban J connectivity index is 2.10. The molecule has 1 aromatic rings. The number of rotatable bonds is 8. The molecular weight excluding hydrogens is 385 g/mol. The van der Waals surface area contributed by atoms with Crippen molar-refractivity contribution in [2.45, 2.75) is 44.3 Å². The molecule has 0 heterocycles. The lowest BCUT2D eigenvalue weighted by molar-refractivity contribution is -0.142. The van der Waals surface area contributed by atoms with Gasteiger partial charge in [-0.3, -0.25) is 14.3 Å². The smallest absolute Gasteiger partial charge is 0.326 e. The number of halogens is 2. The lowest BCUT2D eigenvalue weighted by Crippen LogP contribution is -2.43. The summed E-state index contributed by atoms with van der Waals surface area (Å²) in [7, 11) is -4.24. The molecule has 1 fully saturated rings. The van der Waals surface area contributed by atoms with Crippen LogP contribution in [-0.4, -0.2) is 32.2 Å². The first-order chi connectivity index (χ1) is 12.2. The minimum absolute atomic E-state index is 0.0364. The van der Waals surface area contributed by atoms with Crippen LogP contribution in [0.2, 0.25) is 5.02 Å². The van der Waals surface area contributed by atoms with Crippen molar-refractivity contribution < 1.29 is 27.1 Å². The van der Waals surface area contributed by atoms with Crippen molar-refractivity contribution in [3.8, 4) is 0 Å². The van der Waals surface area contributed by atoms with Gasteiger partial charge in [0.1, 0.15) is 5.82 Å². The maximum Gasteiger partial charge on any atom is 0.326 e. The molecule has 3 unspecified atom stereocenters. The van der Waals surface area contributed by atoms with E-state index in [9.17, 15) is 22.4 Å². The van der Waals surface area contributed by atoms with E-state index in [2.05, 4.69) is 0 Å². The Bertz CT molecular complexity index is 778. The molecule has 1 saturated carbocycles. The molecule has 26 heavy (non-hydrogen) atoms. The first-order valence-electron chi connectivity index (χ1n) is 8.38. The third kappa shape index (κ3) is 4.54. The van der Waals surface area contributed by atoms with Crippen molar-refractivity contribution >= 4 is 33.5 Å². The van der Waals surface area contributed by atoms with Crippen LogP contribution in [0.1, 0.15) is 44.6 Å². The van der Waals surface area contributed by atoms with Gasteiger partial charge in [0.2, 0.25) is 15.9 Å². The minimum atomic E-state index is -4.24. The van der Waals surface area contributed by atoms with Crippen LogP contribution in [0.25, 0.3) is 0 Å². The van der Waals surface area contributed by atoms with Gasteiger partial charge < -0.3 is 4.74 Å². The van der Waals surface area contributed by atoms with Gasteiger partial charge in [-0.2, -0.15) is 0 Å². The van der Waals surface area contributed by atoms with Crippen molar-refractivity contribution in [3.63, 3.8) is 0 Å². The lowest BCUT2D eigenvalue weighted by Gasteiger charge is -2.16. The number of hydrogen-bond acceptors (Lipinski definition) is 5. The van der Waals surface area contributed by atoms with Gasteiger partial charge in [-0.1, -0.05) is 31.0 Å². The van der Waals surface area contributed by atoms with Gasteiger partial charge >= 0.3 is 5.97 Å². The first-order valence-corrected chi connectivity index (χ1v) is 10.3. The number of sulfonamides is 1. The molecule has 0 spiro atoms. The molecule has 1 aliphatic carbocycles. The average Bonchev–Trinajstić information content (AvgIpc) is 3.32. The van der Waals surface area contributed by atoms with Gasteiger partial charge in [0.05, 0.1) is 6.61 Å². The fourth-order valence-electron chi connectivity index (χ4n) is 2.85. The van der Waals surface area contributed by atoms with E-state index in [-0.39, 0.29) is 23.6 Å². The molecule has 0 radical (unpaired) electrons. The van der Waals surface area contributed by atoms with E-state index in [0.29, 0.717) is 12.8 Å². The van der Waals surface area contributed by atoms with E-state index in [0.717, 1.165) is 0 Å². The quantitative estimate of drug-likeness (QED) is 0.671. The highest BCUT2D eigenvalue weighted by Gasteiger charge is 2.48. The third-order valence-electron chi connectivity index (χ3n) is 4.22. The van der Waals surface area contributed by atoms with Crippen LogP contribution in [-0.2, 0) is 24.3 Å². The maximum absolute atomic E-state index is 13.9. The average molecular weight is 406 g/mol. The van der Waals surface area contributed by atoms with Crippen molar-refractivity contribution in [2.75, 3.05) is 6.61 Å². The van der Waals surface area contributed by atoms with E-state index in [1.807, 2.05) is 4.72 Å². The largest absolute Gasteiger partial charge is 0.465 e. The minimum Gasteiger partial charge on any atom is -0.465 e. The normalized spacial score (nSPS) is 20.3. The number of amides is 1. The van der Waals surface area contributed by atoms with Gasteiger partial charge in [0, 0.05) is 22.4 Å². The molecule has 0 aliphatic heterocycles. The molecule has 1 aliphatic rings. The molecule has 1 aromatic carbocycles. The summed E-state index contributed by atoms with van der Waals surface area (Å²) >= 11 is 5.98. The van der Waals surface area contributed by atoms with Crippen LogP contribution in [0.5, 0.6) is 0 Å². The lowest BCUT2D eigenvalue weighted by atomic mass is 10.1. The molecule has 0 aromatic heterocycles. The first kappa shape index (κ1) is 20.6. The highest BCUT2D eigenvalue weighted by Crippen LogP contribution is 2.50. The zero-order chi connectivity index (χ0) is 19.5. The van der Waals surface area contributed by atoms with E-state index in [4.69, 9.17) is 16.3 Å². The van der Waals surface area contributed by atoms with Crippen molar-refractivity contribution in [3.05, 3.63) is 34.6 Å². The van der Waals surface area contributed by atoms with Gasteiger partial charge in [0.15, 0.2) is 5.25 Å². The molecular formula is C17H21ClFNO5S. The highest BCUT2D eigenvalue weighted by atomic mass is 35.5. The zero-order valence-corrected chi connectivity index (χ0v) is 16.1. The predicted molar refractivity (Wildman–Crippen MR) is 94.6 cm³/mol. The number of hydrogen-bond donors (Lipinski definition) is 1. The second-order valence-electron chi connectivity index (χ2n) is 6.12. The van der Waals surface area contributed by atoms with Crippen LogP contribution in [0.15, 0.2) is 18.2 Å². The molecule has 1 N–H and O–H groups in total. The monoisotopic (exact) mass is 405 g/mol. The summed E-state index contributed by atoms with van der Waals surface area (Å²) < 4.78 is 45.5. The fraction of sp³-hybridized carbons (Fsp3) is 0.529. The van der Waals surface area contributed by atoms with Crippen LogP contribution in [0.4, 0.5) is 4.39 Å². The molecule has 9 heteroatoms. The van der Waals surface area contributed by atoms with Crippen molar-refractivity contribution in [2.24, 2.45) is 5.92 Å². The Hall–Kier alpha value is -1.67. The maximum atomic E-state index is 13.9. The summed E-state index contributed by atoms with van der Waals surface area (Å²) in [6.07, 6.45) is 0.754. The number of ether oxygens (including phenoxy) is 1. The van der Waals surface area contributed by atoms with Gasteiger partial charge in [-0.05, 0) is 31.9 Å². The standard InChI is InChI=1S/C17H21ClFNO5S/c1-3-6-14(17(22)25-4-2)26(23,24)20-16(21)11-9-10(11)15-12(18)7-5-8-13(15)19/h5,7-8,10-11,14H,3-4,6,9H2,1-2H3,(H,20,21). The zero-order valence-electron chi connectivity index (χ0n) is 14.5. The van der Waals surface area contributed by atoms with Crippen molar-refractivity contribution in [1.29, 1.82) is 0 Å². The van der Waals surface area contributed by atoms with Crippen LogP contribution in [0.3, 0.4) is 0 Å². The molecule has 0 bridgehead atoms. The highest BCUT2D eigenvalue weighted by molar-refractivity contribution is 7.91. The molecule has 0 saturated heterocycles.